The van der Waals surface area contributed by atoms with Crippen molar-refractivity contribution >= 4 is 11.8 Å². The summed E-state index contributed by atoms with van der Waals surface area (Å²) in [5.41, 5.74) is 0.483. The molecule has 23 heavy (non-hydrogen) atoms. The van der Waals surface area contributed by atoms with Gasteiger partial charge in [-0.25, -0.2) is 18.6 Å². The lowest BCUT2D eigenvalue weighted by atomic mass is 10.1. The zero-order valence-electron chi connectivity index (χ0n) is 12.5. The molecule has 0 fully saturated rings. The van der Waals surface area contributed by atoms with Gasteiger partial charge in [-0.2, -0.15) is 0 Å². The standard InChI is InChI=1S/C15H17F2N5O/c1-10(11-2-3-12(16)13(17)8-11)22-15(23)21-7-6-20-14-9-18-4-5-19-14/h2-5,8-10H,6-7H2,1H3,(H,19,20)(H2,21,22,23). The Hall–Kier alpha value is -2.77. The second kappa shape index (κ2) is 8.02. The first-order valence-electron chi connectivity index (χ1n) is 7.05. The van der Waals surface area contributed by atoms with Crippen molar-refractivity contribution in [3.63, 3.8) is 0 Å². The molecule has 0 saturated carbocycles. The summed E-state index contributed by atoms with van der Waals surface area (Å²) in [5, 5.41) is 8.29. The van der Waals surface area contributed by atoms with Crippen LogP contribution in [0.1, 0.15) is 18.5 Å². The average Bonchev–Trinajstić information content (AvgIpc) is 2.55. The molecule has 1 unspecified atom stereocenters. The second-order valence-corrected chi connectivity index (χ2v) is 4.81. The Kier molecular flexibility index (Phi) is 5.79. The number of amides is 2. The monoisotopic (exact) mass is 321 g/mol. The topological polar surface area (TPSA) is 78.9 Å². The van der Waals surface area contributed by atoms with E-state index in [4.69, 9.17) is 0 Å². The van der Waals surface area contributed by atoms with E-state index in [9.17, 15) is 13.6 Å². The van der Waals surface area contributed by atoms with Crippen molar-refractivity contribution < 1.29 is 13.6 Å². The van der Waals surface area contributed by atoms with Crippen LogP contribution in [0.5, 0.6) is 0 Å². The van der Waals surface area contributed by atoms with Crippen molar-refractivity contribution in [2.75, 3.05) is 18.4 Å². The molecule has 2 aromatic rings. The Morgan fingerprint density at radius 1 is 1.22 bits per heavy atom. The van der Waals surface area contributed by atoms with Crippen LogP contribution in [0.3, 0.4) is 0 Å². The zero-order valence-corrected chi connectivity index (χ0v) is 12.5. The molecule has 0 spiro atoms. The predicted octanol–water partition coefficient (Wildman–Crippen LogP) is 2.23. The molecule has 0 radical (unpaired) electrons. The van der Waals surface area contributed by atoms with Crippen LogP contribution in [-0.4, -0.2) is 29.1 Å². The van der Waals surface area contributed by atoms with Crippen LogP contribution < -0.4 is 16.0 Å². The SMILES string of the molecule is CC(NC(=O)NCCNc1cnccn1)c1ccc(F)c(F)c1. The molecule has 0 aliphatic rings. The predicted molar refractivity (Wildman–Crippen MR) is 81.8 cm³/mol. The number of nitrogens with zero attached hydrogens (tertiary/aromatic N) is 2. The number of benzene rings is 1. The van der Waals surface area contributed by atoms with Gasteiger partial charge in [-0.15, -0.1) is 0 Å². The van der Waals surface area contributed by atoms with Gasteiger partial charge in [-0.1, -0.05) is 6.07 Å². The van der Waals surface area contributed by atoms with E-state index in [1.54, 1.807) is 25.5 Å². The van der Waals surface area contributed by atoms with Crippen molar-refractivity contribution in [3.05, 3.63) is 54.0 Å². The molecule has 3 N–H and O–H groups in total. The van der Waals surface area contributed by atoms with Crippen molar-refractivity contribution in [2.45, 2.75) is 13.0 Å². The van der Waals surface area contributed by atoms with Crippen LogP contribution in [0, 0.1) is 11.6 Å². The summed E-state index contributed by atoms with van der Waals surface area (Å²) in [4.78, 5) is 19.7. The van der Waals surface area contributed by atoms with Crippen molar-refractivity contribution in [1.82, 2.24) is 20.6 Å². The number of rotatable bonds is 6. The number of carbonyl (C=O) groups is 1. The Morgan fingerprint density at radius 3 is 2.74 bits per heavy atom. The lowest BCUT2D eigenvalue weighted by molar-refractivity contribution is 0.238. The summed E-state index contributed by atoms with van der Waals surface area (Å²) in [6, 6.07) is 2.68. The molecule has 2 amide bonds. The van der Waals surface area contributed by atoms with E-state index in [1.165, 1.54) is 6.07 Å². The van der Waals surface area contributed by atoms with Gasteiger partial charge in [0.15, 0.2) is 11.6 Å². The van der Waals surface area contributed by atoms with E-state index >= 15 is 0 Å². The number of hydrogen-bond donors (Lipinski definition) is 3. The molecule has 0 aliphatic carbocycles. The third kappa shape index (κ3) is 5.17. The number of nitrogens with one attached hydrogen (secondary N) is 3. The van der Waals surface area contributed by atoms with Gasteiger partial charge < -0.3 is 16.0 Å². The van der Waals surface area contributed by atoms with E-state index < -0.39 is 23.7 Å². The minimum absolute atomic E-state index is 0.368. The smallest absolute Gasteiger partial charge is 0.315 e. The fourth-order valence-electron chi connectivity index (χ4n) is 1.87. The van der Waals surface area contributed by atoms with E-state index in [2.05, 4.69) is 25.9 Å². The van der Waals surface area contributed by atoms with Gasteiger partial charge in [0.25, 0.3) is 0 Å². The van der Waals surface area contributed by atoms with Gasteiger partial charge in [0.05, 0.1) is 12.2 Å². The number of carbonyl (C=O) groups excluding carboxylic acids is 1. The average molecular weight is 321 g/mol. The van der Waals surface area contributed by atoms with Crippen LogP contribution in [0.4, 0.5) is 19.4 Å². The van der Waals surface area contributed by atoms with Crippen LogP contribution >= 0.6 is 0 Å². The highest BCUT2D eigenvalue weighted by Gasteiger charge is 2.11. The maximum Gasteiger partial charge on any atom is 0.315 e. The Morgan fingerprint density at radius 2 is 2.04 bits per heavy atom. The lowest BCUT2D eigenvalue weighted by Crippen LogP contribution is -2.39. The van der Waals surface area contributed by atoms with Crippen molar-refractivity contribution in [2.24, 2.45) is 0 Å². The number of anilines is 1. The molecule has 122 valence electrons. The number of urea groups is 1. The Bertz CT molecular complexity index is 654. The maximum atomic E-state index is 13.2. The number of halogens is 2. The number of aromatic nitrogens is 2. The van der Waals surface area contributed by atoms with Crippen LogP contribution in [0.25, 0.3) is 0 Å². The molecule has 2 rings (SSSR count). The number of hydrogen-bond acceptors (Lipinski definition) is 4. The molecule has 1 aromatic carbocycles. The minimum atomic E-state index is -0.940. The molecule has 1 aromatic heterocycles. The summed E-state index contributed by atoms with van der Waals surface area (Å²) in [5.74, 6) is -1.24. The van der Waals surface area contributed by atoms with Crippen molar-refractivity contribution in [3.8, 4) is 0 Å². The Balaban J connectivity index is 1.72. The third-order valence-corrected chi connectivity index (χ3v) is 3.07. The summed E-state index contributed by atoms with van der Waals surface area (Å²) in [6.45, 7) is 2.53. The second-order valence-electron chi connectivity index (χ2n) is 4.81. The summed E-state index contributed by atoms with van der Waals surface area (Å²) in [6.07, 6.45) is 4.70. The molecule has 0 aliphatic heterocycles. The summed E-state index contributed by atoms with van der Waals surface area (Å²) < 4.78 is 26.0. The fourth-order valence-corrected chi connectivity index (χ4v) is 1.87. The Labute approximate surface area is 132 Å². The van der Waals surface area contributed by atoms with Gasteiger partial charge >= 0.3 is 6.03 Å². The zero-order chi connectivity index (χ0) is 16.7. The molecule has 0 bridgehead atoms. The molecular weight excluding hydrogens is 304 g/mol. The highest BCUT2D eigenvalue weighted by Crippen LogP contribution is 2.15. The van der Waals surface area contributed by atoms with Crippen LogP contribution in [-0.2, 0) is 0 Å². The largest absolute Gasteiger partial charge is 0.367 e. The quantitative estimate of drug-likeness (QED) is 0.713. The van der Waals surface area contributed by atoms with E-state index in [1.807, 2.05) is 0 Å². The normalized spacial score (nSPS) is 11.6. The fraction of sp³-hybridized carbons (Fsp3) is 0.267. The van der Waals surface area contributed by atoms with E-state index in [0.717, 1.165) is 12.1 Å². The van der Waals surface area contributed by atoms with Gasteiger partial charge in [0.1, 0.15) is 5.82 Å². The molecule has 8 heteroatoms. The summed E-state index contributed by atoms with van der Waals surface area (Å²) in [7, 11) is 0. The van der Waals surface area contributed by atoms with Crippen LogP contribution in [0.2, 0.25) is 0 Å². The van der Waals surface area contributed by atoms with E-state index in [-0.39, 0.29) is 0 Å². The lowest BCUT2D eigenvalue weighted by Gasteiger charge is -2.15. The molecular formula is C15H17F2N5O. The molecule has 6 nitrogen and oxygen atoms in total. The minimum Gasteiger partial charge on any atom is -0.367 e. The summed E-state index contributed by atoms with van der Waals surface area (Å²) >= 11 is 0. The first-order chi connectivity index (χ1) is 11.1. The van der Waals surface area contributed by atoms with Crippen molar-refractivity contribution in [1.29, 1.82) is 0 Å². The molecule has 1 atom stereocenters. The van der Waals surface area contributed by atoms with Gasteiger partial charge in [0, 0.05) is 25.5 Å². The highest BCUT2D eigenvalue weighted by molar-refractivity contribution is 5.74. The highest BCUT2D eigenvalue weighted by atomic mass is 19.2. The van der Waals surface area contributed by atoms with E-state index in [0.29, 0.717) is 24.5 Å². The molecule has 0 saturated heterocycles. The molecule has 1 heterocycles. The van der Waals surface area contributed by atoms with Gasteiger partial charge in [0.2, 0.25) is 0 Å². The van der Waals surface area contributed by atoms with Crippen LogP contribution in [0.15, 0.2) is 36.8 Å². The third-order valence-electron chi connectivity index (χ3n) is 3.07. The van der Waals surface area contributed by atoms with Gasteiger partial charge in [-0.05, 0) is 24.6 Å². The first-order valence-corrected chi connectivity index (χ1v) is 7.05. The van der Waals surface area contributed by atoms with Gasteiger partial charge in [-0.3, -0.25) is 4.98 Å². The first kappa shape index (κ1) is 16.6. The maximum absolute atomic E-state index is 13.2.